The van der Waals surface area contributed by atoms with E-state index in [4.69, 9.17) is 4.98 Å². The first-order valence-corrected chi connectivity index (χ1v) is 10.6. The van der Waals surface area contributed by atoms with Crippen LogP contribution in [0, 0.1) is 12.8 Å². The molecule has 1 aliphatic heterocycles. The number of fused-ring (bicyclic) bond motifs is 1. The number of carbonyl (C=O) groups excluding carboxylic acids is 2. The van der Waals surface area contributed by atoms with Crippen LogP contribution in [0.5, 0.6) is 0 Å². The molecule has 3 aromatic rings. The van der Waals surface area contributed by atoms with E-state index in [2.05, 4.69) is 40.7 Å². The fourth-order valence-electron chi connectivity index (χ4n) is 3.64. The fraction of sp³-hybridized carbons (Fsp3) is 0.318. The molecule has 7 heteroatoms. The van der Waals surface area contributed by atoms with E-state index in [0.29, 0.717) is 17.9 Å². The zero-order chi connectivity index (χ0) is 20.4. The second-order valence-electron chi connectivity index (χ2n) is 7.50. The summed E-state index contributed by atoms with van der Waals surface area (Å²) >= 11 is 1.69. The molecular formula is C22H24N4O2S. The topological polar surface area (TPSA) is 74.3 Å². The maximum absolute atomic E-state index is 12.9. The molecule has 1 saturated heterocycles. The molecule has 0 radical (unpaired) electrons. The number of rotatable bonds is 4. The molecule has 0 aliphatic carbocycles. The number of anilines is 3. The molecule has 1 aromatic heterocycles. The van der Waals surface area contributed by atoms with Crippen molar-refractivity contribution in [2.75, 3.05) is 28.6 Å². The Kier molecular flexibility index (Phi) is 5.49. The average Bonchev–Trinajstić information content (AvgIpc) is 3.11. The second kappa shape index (κ2) is 8.21. The molecule has 0 saturated carbocycles. The summed E-state index contributed by atoms with van der Waals surface area (Å²) in [5.41, 5.74) is 3.60. The van der Waals surface area contributed by atoms with Crippen LogP contribution in [0.25, 0.3) is 10.2 Å². The lowest BCUT2D eigenvalue weighted by Gasteiger charge is -2.31. The summed E-state index contributed by atoms with van der Waals surface area (Å²) < 4.78 is 1.18. The third-order valence-corrected chi connectivity index (χ3v) is 6.12. The van der Waals surface area contributed by atoms with Crippen LogP contribution in [0.4, 0.5) is 16.5 Å². The lowest BCUT2D eigenvalue weighted by atomic mass is 9.97. The molecule has 0 bridgehead atoms. The third kappa shape index (κ3) is 4.56. The zero-order valence-corrected chi connectivity index (χ0v) is 17.4. The standard InChI is InChI=1S/C22H24N4O2S/c1-14-8-9-19-20(11-14)29-22(25-19)26-10-4-5-16(13-26)21(28)24-18-7-3-6-17(12-18)23-15(2)27/h3,6-9,11-12,16H,4-5,10,13H2,1-2H3,(H,23,27)(H,24,28). The van der Waals surface area contributed by atoms with E-state index < -0.39 is 0 Å². The van der Waals surface area contributed by atoms with Gasteiger partial charge in [-0.25, -0.2) is 4.98 Å². The number of piperidine rings is 1. The van der Waals surface area contributed by atoms with Crippen LogP contribution in [0.15, 0.2) is 42.5 Å². The van der Waals surface area contributed by atoms with E-state index in [-0.39, 0.29) is 17.7 Å². The van der Waals surface area contributed by atoms with E-state index in [0.717, 1.165) is 30.0 Å². The number of thiazole rings is 1. The number of aryl methyl sites for hydroxylation is 1. The highest BCUT2D eigenvalue weighted by Crippen LogP contribution is 2.32. The van der Waals surface area contributed by atoms with E-state index in [9.17, 15) is 9.59 Å². The quantitative estimate of drug-likeness (QED) is 0.670. The Morgan fingerprint density at radius 2 is 1.93 bits per heavy atom. The van der Waals surface area contributed by atoms with Gasteiger partial charge in [0.25, 0.3) is 0 Å². The second-order valence-corrected chi connectivity index (χ2v) is 8.51. The Balaban J connectivity index is 1.45. The summed E-state index contributed by atoms with van der Waals surface area (Å²) in [6, 6.07) is 13.5. The molecule has 150 valence electrons. The number of carbonyl (C=O) groups is 2. The summed E-state index contributed by atoms with van der Waals surface area (Å²) in [4.78, 5) is 31.1. The first kappa shape index (κ1) is 19.4. The first-order chi connectivity index (χ1) is 14.0. The number of nitrogens with one attached hydrogen (secondary N) is 2. The molecule has 2 amide bonds. The predicted octanol–water partition coefficient (Wildman–Crippen LogP) is 4.42. The molecule has 4 rings (SSSR count). The summed E-state index contributed by atoms with van der Waals surface area (Å²) in [5, 5.41) is 6.72. The summed E-state index contributed by atoms with van der Waals surface area (Å²) in [6.07, 6.45) is 1.82. The van der Waals surface area contributed by atoms with Gasteiger partial charge in [-0.05, 0) is 55.7 Å². The largest absolute Gasteiger partial charge is 0.347 e. The van der Waals surface area contributed by atoms with Crippen LogP contribution < -0.4 is 15.5 Å². The highest BCUT2D eigenvalue weighted by Gasteiger charge is 2.27. The fourth-order valence-corrected chi connectivity index (χ4v) is 4.74. The summed E-state index contributed by atoms with van der Waals surface area (Å²) in [7, 11) is 0. The monoisotopic (exact) mass is 408 g/mol. The predicted molar refractivity (Wildman–Crippen MR) is 119 cm³/mol. The van der Waals surface area contributed by atoms with Crippen LogP contribution in [-0.4, -0.2) is 29.9 Å². The van der Waals surface area contributed by atoms with Crippen LogP contribution >= 0.6 is 11.3 Å². The van der Waals surface area contributed by atoms with Gasteiger partial charge in [0.05, 0.1) is 16.1 Å². The van der Waals surface area contributed by atoms with Gasteiger partial charge in [0.1, 0.15) is 0 Å². The van der Waals surface area contributed by atoms with Crippen molar-refractivity contribution >= 4 is 49.9 Å². The van der Waals surface area contributed by atoms with Crippen molar-refractivity contribution in [3.05, 3.63) is 48.0 Å². The molecule has 1 atom stereocenters. The van der Waals surface area contributed by atoms with E-state index in [1.807, 2.05) is 12.1 Å². The number of benzene rings is 2. The van der Waals surface area contributed by atoms with E-state index in [1.54, 1.807) is 23.5 Å². The minimum absolute atomic E-state index is 0.00614. The van der Waals surface area contributed by atoms with Gasteiger partial charge in [-0.2, -0.15) is 0 Å². The van der Waals surface area contributed by atoms with Crippen molar-refractivity contribution in [2.24, 2.45) is 5.92 Å². The highest BCUT2D eigenvalue weighted by atomic mass is 32.1. The molecule has 6 nitrogen and oxygen atoms in total. The molecule has 1 aliphatic rings. The highest BCUT2D eigenvalue weighted by molar-refractivity contribution is 7.22. The molecule has 2 aromatic carbocycles. The normalized spacial score (nSPS) is 16.6. The molecule has 1 fully saturated rings. The average molecular weight is 409 g/mol. The molecule has 1 unspecified atom stereocenters. The van der Waals surface area contributed by atoms with Crippen LogP contribution in [0.3, 0.4) is 0 Å². The van der Waals surface area contributed by atoms with Gasteiger partial charge in [0.15, 0.2) is 5.13 Å². The van der Waals surface area contributed by atoms with Gasteiger partial charge in [-0.3, -0.25) is 9.59 Å². The van der Waals surface area contributed by atoms with Gasteiger partial charge in [0, 0.05) is 31.4 Å². The van der Waals surface area contributed by atoms with Crippen LogP contribution in [-0.2, 0) is 9.59 Å². The summed E-state index contributed by atoms with van der Waals surface area (Å²) in [5.74, 6) is -0.226. The Bertz CT molecular complexity index is 1060. The minimum Gasteiger partial charge on any atom is -0.347 e. The smallest absolute Gasteiger partial charge is 0.229 e. The van der Waals surface area contributed by atoms with Crippen molar-refractivity contribution in [3.8, 4) is 0 Å². The van der Waals surface area contributed by atoms with Gasteiger partial charge >= 0.3 is 0 Å². The van der Waals surface area contributed by atoms with Gasteiger partial charge in [-0.15, -0.1) is 0 Å². The maximum Gasteiger partial charge on any atom is 0.229 e. The Hall–Kier alpha value is -2.93. The molecule has 0 spiro atoms. The van der Waals surface area contributed by atoms with E-state index >= 15 is 0 Å². The zero-order valence-electron chi connectivity index (χ0n) is 16.6. The number of hydrogen-bond acceptors (Lipinski definition) is 5. The Morgan fingerprint density at radius 1 is 1.14 bits per heavy atom. The Labute approximate surface area is 173 Å². The molecule has 2 heterocycles. The van der Waals surface area contributed by atoms with Crippen molar-refractivity contribution in [3.63, 3.8) is 0 Å². The van der Waals surface area contributed by atoms with Gasteiger partial charge in [0.2, 0.25) is 11.8 Å². The SMILES string of the molecule is CC(=O)Nc1cccc(NC(=O)C2CCCN(c3nc4ccc(C)cc4s3)C2)c1. The van der Waals surface area contributed by atoms with Gasteiger partial charge < -0.3 is 15.5 Å². The molecule has 29 heavy (non-hydrogen) atoms. The molecule has 2 N–H and O–H groups in total. The Morgan fingerprint density at radius 3 is 2.72 bits per heavy atom. The van der Waals surface area contributed by atoms with Crippen LogP contribution in [0.2, 0.25) is 0 Å². The van der Waals surface area contributed by atoms with Gasteiger partial charge in [-0.1, -0.05) is 23.5 Å². The lowest BCUT2D eigenvalue weighted by molar-refractivity contribution is -0.120. The van der Waals surface area contributed by atoms with Crippen molar-refractivity contribution in [1.82, 2.24) is 4.98 Å². The summed E-state index contributed by atoms with van der Waals surface area (Å²) in [6.45, 7) is 5.13. The van der Waals surface area contributed by atoms with Crippen molar-refractivity contribution in [2.45, 2.75) is 26.7 Å². The lowest BCUT2D eigenvalue weighted by Crippen LogP contribution is -2.40. The van der Waals surface area contributed by atoms with E-state index in [1.165, 1.54) is 17.2 Å². The first-order valence-electron chi connectivity index (χ1n) is 9.78. The van der Waals surface area contributed by atoms with Crippen molar-refractivity contribution in [1.29, 1.82) is 0 Å². The number of aromatic nitrogens is 1. The van der Waals surface area contributed by atoms with Crippen molar-refractivity contribution < 1.29 is 9.59 Å². The third-order valence-electron chi connectivity index (χ3n) is 5.05. The number of amides is 2. The molecular weight excluding hydrogens is 384 g/mol. The number of nitrogens with zero attached hydrogens (tertiary/aromatic N) is 2. The van der Waals surface area contributed by atoms with Crippen LogP contribution in [0.1, 0.15) is 25.3 Å². The maximum atomic E-state index is 12.9. The number of hydrogen-bond donors (Lipinski definition) is 2. The minimum atomic E-state index is -0.137.